The summed E-state index contributed by atoms with van der Waals surface area (Å²) in [6, 6.07) is 20.4. The molecule has 5 nitrogen and oxygen atoms in total. The van der Waals surface area contributed by atoms with Crippen LogP contribution in [0.15, 0.2) is 60.7 Å². The number of rotatable bonds is 6. The van der Waals surface area contributed by atoms with Crippen molar-refractivity contribution in [3.05, 3.63) is 66.2 Å². The van der Waals surface area contributed by atoms with Gasteiger partial charge in [0, 0.05) is 31.3 Å². The van der Waals surface area contributed by atoms with Crippen molar-refractivity contribution in [3.8, 4) is 17.0 Å². The topological polar surface area (TPSA) is 50.3 Å². The Bertz CT molecular complexity index is 919. The van der Waals surface area contributed by atoms with E-state index in [0.717, 1.165) is 47.8 Å². The van der Waals surface area contributed by atoms with Gasteiger partial charge < -0.3 is 15.0 Å². The van der Waals surface area contributed by atoms with E-state index in [1.807, 2.05) is 36.4 Å². The summed E-state index contributed by atoms with van der Waals surface area (Å²) in [5, 5.41) is 3.48. The Morgan fingerprint density at radius 3 is 2.41 bits per heavy atom. The van der Waals surface area contributed by atoms with Crippen molar-refractivity contribution in [1.29, 1.82) is 0 Å². The average Bonchev–Trinajstić information content (AvgIpc) is 2.79. The summed E-state index contributed by atoms with van der Waals surface area (Å²) in [5.41, 5.74) is 3.24. The van der Waals surface area contributed by atoms with Gasteiger partial charge in [-0.1, -0.05) is 49.4 Å². The molecule has 1 aromatic heterocycles. The summed E-state index contributed by atoms with van der Waals surface area (Å²) in [5.74, 6) is 3.30. The van der Waals surface area contributed by atoms with E-state index in [0.29, 0.717) is 6.54 Å². The van der Waals surface area contributed by atoms with E-state index in [4.69, 9.17) is 14.7 Å². The second-order valence-corrected chi connectivity index (χ2v) is 7.68. The molecule has 0 atom stereocenters. The fourth-order valence-electron chi connectivity index (χ4n) is 3.57. The zero-order valence-electron chi connectivity index (χ0n) is 17.1. The molecule has 0 amide bonds. The summed E-state index contributed by atoms with van der Waals surface area (Å²) in [7, 11) is 1.68. The molecule has 2 aromatic carbocycles. The van der Waals surface area contributed by atoms with Crippen LogP contribution in [0.3, 0.4) is 0 Å². The molecule has 29 heavy (non-hydrogen) atoms. The Morgan fingerprint density at radius 1 is 1.00 bits per heavy atom. The van der Waals surface area contributed by atoms with Crippen LogP contribution in [0.25, 0.3) is 11.3 Å². The number of nitrogens with zero attached hydrogens (tertiary/aromatic N) is 3. The molecule has 0 bridgehead atoms. The number of methoxy groups -OCH3 is 1. The maximum absolute atomic E-state index is 5.24. The van der Waals surface area contributed by atoms with E-state index in [1.54, 1.807) is 7.11 Å². The van der Waals surface area contributed by atoms with Crippen LogP contribution in [-0.2, 0) is 6.54 Å². The fraction of sp³-hybridized carbons (Fsp3) is 0.333. The van der Waals surface area contributed by atoms with Crippen LogP contribution in [0.1, 0.15) is 25.3 Å². The smallest absolute Gasteiger partial charge is 0.227 e. The molecule has 1 aliphatic rings. The van der Waals surface area contributed by atoms with Crippen molar-refractivity contribution in [2.45, 2.75) is 26.3 Å². The lowest BCUT2D eigenvalue weighted by atomic mass is 10.00. The lowest BCUT2D eigenvalue weighted by Crippen LogP contribution is -2.34. The quantitative estimate of drug-likeness (QED) is 0.644. The third-order valence-corrected chi connectivity index (χ3v) is 5.48. The van der Waals surface area contributed by atoms with Crippen LogP contribution < -0.4 is 15.0 Å². The van der Waals surface area contributed by atoms with Gasteiger partial charge in [-0.25, -0.2) is 4.98 Å². The molecular weight excluding hydrogens is 360 g/mol. The minimum absolute atomic E-state index is 0.700. The van der Waals surface area contributed by atoms with Crippen LogP contribution in [0.4, 0.5) is 11.8 Å². The van der Waals surface area contributed by atoms with Crippen molar-refractivity contribution >= 4 is 11.8 Å². The largest absolute Gasteiger partial charge is 0.497 e. The summed E-state index contributed by atoms with van der Waals surface area (Å²) < 4.78 is 5.24. The number of piperidine rings is 1. The van der Waals surface area contributed by atoms with Gasteiger partial charge >= 0.3 is 0 Å². The molecule has 0 unspecified atom stereocenters. The van der Waals surface area contributed by atoms with Gasteiger partial charge in [0.1, 0.15) is 11.6 Å². The zero-order chi connectivity index (χ0) is 20.1. The Balaban J connectivity index is 1.58. The molecular formula is C24H28N4O. The summed E-state index contributed by atoms with van der Waals surface area (Å²) in [4.78, 5) is 12.0. The van der Waals surface area contributed by atoms with Gasteiger partial charge in [-0.3, -0.25) is 0 Å². The van der Waals surface area contributed by atoms with Gasteiger partial charge in [-0.15, -0.1) is 0 Å². The molecule has 0 radical (unpaired) electrons. The first kappa shape index (κ1) is 19.2. The summed E-state index contributed by atoms with van der Waals surface area (Å²) in [6.07, 6.45) is 2.38. The SMILES string of the molecule is COc1ccc(CNc2cc(-c3ccccc3)nc(N3CCC(C)CC3)n2)cc1. The minimum atomic E-state index is 0.700. The van der Waals surface area contributed by atoms with E-state index >= 15 is 0 Å². The van der Waals surface area contributed by atoms with Crippen molar-refractivity contribution < 1.29 is 4.74 Å². The number of hydrogen-bond acceptors (Lipinski definition) is 5. The molecule has 0 saturated carbocycles. The Kier molecular flexibility index (Phi) is 5.94. The van der Waals surface area contributed by atoms with Crippen molar-refractivity contribution in [2.24, 2.45) is 5.92 Å². The molecule has 1 fully saturated rings. The highest BCUT2D eigenvalue weighted by Gasteiger charge is 2.19. The highest BCUT2D eigenvalue weighted by Crippen LogP contribution is 2.26. The van der Waals surface area contributed by atoms with E-state index < -0.39 is 0 Å². The number of aromatic nitrogens is 2. The first-order valence-electron chi connectivity index (χ1n) is 10.3. The Morgan fingerprint density at radius 2 is 1.72 bits per heavy atom. The van der Waals surface area contributed by atoms with Crippen molar-refractivity contribution in [1.82, 2.24) is 9.97 Å². The van der Waals surface area contributed by atoms with E-state index in [1.165, 1.54) is 18.4 Å². The summed E-state index contributed by atoms with van der Waals surface area (Å²) >= 11 is 0. The average molecular weight is 389 g/mol. The van der Waals surface area contributed by atoms with E-state index in [-0.39, 0.29) is 0 Å². The lowest BCUT2D eigenvalue weighted by Gasteiger charge is -2.30. The highest BCUT2D eigenvalue weighted by atomic mass is 16.5. The minimum Gasteiger partial charge on any atom is -0.497 e. The molecule has 3 aromatic rings. The highest BCUT2D eigenvalue weighted by molar-refractivity contribution is 5.64. The molecule has 4 rings (SSSR count). The van der Waals surface area contributed by atoms with Gasteiger partial charge in [0.15, 0.2) is 0 Å². The molecule has 1 N–H and O–H groups in total. The number of ether oxygens (including phenoxy) is 1. The zero-order valence-corrected chi connectivity index (χ0v) is 17.1. The molecule has 2 heterocycles. The third-order valence-electron chi connectivity index (χ3n) is 5.48. The molecule has 1 aliphatic heterocycles. The van der Waals surface area contributed by atoms with E-state index in [9.17, 15) is 0 Å². The van der Waals surface area contributed by atoms with Crippen molar-refractivity contribution in [2.75, 3.05) is 30.4 Å². The van der Waals surface area contributed by atoms with Gasteiger partial charge in [0.2, 0.25) is 5.95 Å². The third kappa shape index (κ3) is 4.86. The standard InChI is InChI=1S/C24H28N4O/c1-18-12-14-28(15-13-18)24-26-22(20-6-4-3-5-7-20)16-23(27-24)25-17-19-8-10-21(29-2)11-9-19/h3-11,16,18H,12-15,17H2,1-2H3,(H,25,26,27). The number of benzene rings is 2. The molecule has 0 spiro atoms. The molecule has 0 aliphatic carbocycles. The van der Waals surface area contributed by atoms with Crippen LogP contribution in [0.5, 0.6) is 5.75 Å². The van der Waals surface area contributed by atoms with E-state index in [2.05, 4.69) is 41.4 Å². The van der Waals surface area contributed by atoms with Gasteiger partial charge in [0.05, 0.1) is 12.8 Å². The Hall–Kier alpha value is -3.08. The normalized spacial score (nSPS) is 14.6. The molecule has 1 saturated heterocycles. The fourth-order valence-corrected chi connectivity index (χ4v) is 3.57. The lowest BCUT2D eigenvalue weighted by molar-refractivity contribution is 0.414. The second-order valence-electron chi connectivity index (χ2n) is 7.68. The van der Waals surface area contributed by atoms with Crippen LogP contribution in [-0.4, -0.2) is 30.2 Å². The predicted molar refractivity (Wildman–Crippen MR) is 118 cm³/mol. The summed E-state index contributed by atoms with van der Waals surface area (Å²) in [6.45, 7) is 5.04. The van der Waals surface area contributed by atoms with Crippen LogP contribution in [0, 0.1) is 5.92 Å². The predicted octanol–water partition coefficient (Wildman–Crippen LogP) is 5.00. The monoisotopic (exact) mass is 388 g/mol. The van der Waals surface area contributed by atoms with Crippen LogP contribution >= 0.6 is 0 Å². The van der Waals surface area contributed by atoms with Crippen LogP contribution in [0.2, 0.25) is 0 Å². The second kappa shape index (κ2) is 8.95. The van der Waals surface area contributed by atoms with Gasteiger partial charge in [-0.05, 0) is 36.5 Å². The maximum atomic E-state index is 5.24. The van der Waals surface area contributed by atoms with Gasteiger partial charge in [-0.2, -0.15) is 4.98 Å². The number of anilines is 2. The number of nitrogens with one attached hydrogen (secondary N) is 1. The van der Waals surface area contributed by atoms with Gasteiger partial charge in [0.25, 0.3) is 0 Å². The van der Waals surface area contributed by atoms with Crippen molar-refractivity contribution in [3.63, 3.8) is 0 Å². The number of hydrogen-bond donors (Lipinski definition) is 1. The Labute approximate surface area is 172 Å². The first-order chi connectivity index (χ1) is 14.2. The maximum Gasteiger partial charge on any atom is 0.227 e. The molecule has 150 valence electrons. The first-order valence-corrected chi connectivity index (χ1v) is 10.3. The molecule has 5 heteroatoms.